The van der Waals surface area contributed by atoms with Crippen molar-refractivity contribution in [1.29, 1.82) is 0 Å². The molecule has 19 heavy (non-hydrogen) atoms. The first-order chi connectivity index (χ1) is 9.22. The van der Waals surface area contributed by atoms with E-state index < -0.39 is 0 Å². The van der Waals surface area contributed by atoms with E-state index in [-0.39, 0.29) is 0 Å². The fraction of sp³-hybridized carbons (Fsp3) is 0.533. The minimum absolute atomic E-state index is 0.463. The van der Waals surface area contributed by atoms with Crippen molar-refractivity contribution in [1.82, 2.24) is 4.98 Å². The Hall–Kier alpha value is -1.13. The fourth-order valence-corrected chi connectivity index (χ4v) is 3.57. The first-order valence-electron chi connectivity index (χ1n) is 6.94. The number of hydrogen-bond acceptors (Lipinski definition) is 4. The number of nitrogens with one attached hydrogen (secondary N) is 1. The molecular formula is C15H20N2OS. The van der Waals surface area contributed by atoms with E-state index in [0.29, 0.717) is 12.0 Å². The van der Waals surface area contributed by atoms with Crippen LogP contribution in [0.5, 0.6) is 0 Å². The normalized spacial score (nSPS) is 18.6. The Morgan fingerprint density at radius 3 is 2.95 bits per heavy atom. The van der Waals surface area contributed by atoms with Crippen LogP contribution in [0, 0.1) is 12.8 Å². The molecule has 0 radical (unpaired) electrons. The van der Waals surface area contributed by atoms with Crippen LogP contribution in [0.2, 0.25) is 0 Å². The van der Waals surface area contributed by atoms with Gasteiger partial charge in [-0.25, -0.2) is 4.98 Å². The Bertz CT molecular complexity index is 560. The molecule has 0 saturated carbocycles. The highest BCUT2D eigenvalue weighted by atomic mass is 32.1. The summed E-state index contributed by atoms with van der Waals surface area (Å²) in [5.74, 6) is 0.697. The third kappa shape index (κ3) is 2.90. The lowest BCUT2D eigenvalue weighted by Crippen LogP contribution is -2.30. The molecule has 102 valence electrons. The third-order valence-electron chi connectivity index (χ3n) is 3.87. The molecule has 0 spiro atoms. The average Bonchev–Trinajstić information content (AvgIpc) is 2.81. The molecule has 1 saturated heterocycles. The van der Waals surface area contributed by atoms with E-state index in [0.717, 1.165) is 36.7 Å². The van der Waals surface area contributed by atoms with Crippen LogP contribution in [-0.4, -0.2) is 24.2 Å². The Morgan fingerprint density at radius 1 is 1.37 bits per heavy atom. The number of aromatic nitrogens is 1. The van der Waals surface area contributed by atoms with Crippen LogP contribution < -0.4 is 5.32 Å². The summed E-state index contributed by atoms with van der Waals surface area (Å²) < 4.78 is 6.68. The van der Waals surface area contributed by atoms with Crippen LogP contribution in [0.15, 0.2) is 18.2 Å². The first kappa shape index (κ1) is 12.9. The summed E-state index contributed by atoms with van der Waals surface area (Å²) in [6.07, 6.45) is 2.30. The van der Waals surface area contributed by atoms with Crippen LogP contribution >= 0.6 is 11.3 Å². The molecule has 2 heterocycles. The molecule has 0 amide bonds. The van der Waals surface area contributed by atoms with E-state index >= 15 is 0 Å². The van der Waals surface area contributed by atoms with Crippen molar-refractivity contribution < 1.29 is 4.74 Å². The number of anilines is 1. The summed E-state index contributed by atoms with van der Waals surface area (Å²) in [6, 6.07) is 6.92. The van der Waals surface area contributed by atoms with Crippen molar-refractivity contribution in [3.8, 4) is 0 Å². The Balaban J connectivity index is 1.73. The van der Waals surface area contributed by atoms with Gasteiger partial charge < -0.3 is 10.1 Å². The standard InChI is InChI=1S/C15H20N2OS/c1-10-3-4-14-13(9-10)17-15(19-14)16-11(2)12-5-7-18-8-6-12/h3-4,9,11-12H,5-8H2,1-2H3,(H,16,17). The van der Waals surface area contributed by atoms with E-state index in [2.05, 4.69) is 42.3 Å². The number of nitrogens with zero attached hydrogens (tertiary/aromatic N) is 1. The van der Waals surface area contributed by atoms with E-state index in [9.17, 15) is 0 Å². The smallest absolute Gasteiger partial charge is 0.184 e. The van der Waals surface area contributed by atoms with Crippen LogP contribution in [0.4, 0.5) is 5.13 Å². The average molecular weight is 276 g/mol. The summed E-state index contributed by atoms with van der Waals surface area (Å²) in [7, 11) is 0. The summed E-state index contributed by atoms with van der Waals surface area (Å²) >= 11 is 1.74. The van der Waals surface area contributed by atoms with Gasteiger partial charge in [-0.2, -0.15) is 0 Å². The molecule has 1 unspecified atom stereocenters. The maximum absolute atomic E-state index is 5.42. The molecule has 3 nitrogen and oxygen atoms in total. The molecule has 1 fully saturated rings. The first-order valence-corrected chi connectivity index (χ1v) is 7.75. The highest BCUT2D eigenvalue weighted by Crippen LogP contribution is 2.29. The second-order valence-corrected chi connectivity index (χ2v) is 6.40. The summed E-state index contributed by atoms with van der Waals surface area (Å²) in [4.78, 5) is 4.68. The topological polar surface area (TPSA) is 34.1 Å². The molecule has 1 aliphatic heterocycles. The minimum atomic E-state index is 0.463. The predicted octanol–water partition coefficient (Wildman–Crippen LogP) is 3.83. The van der Waals surface area contributed by atoms with Gasteiger partial charge in [-0.1, -0.05) is 17.4 Å². The molecule has 0 aliphatic carbocycles. The van der Waals surface area contributed by atoms with Gasteiger partial charge in [0.25, 0.3) is 0 Å². The van der Waals surface area contributed by atoms with E-state index in [4.69, 9.17) is 4.74 Å². The lowest BCUT2D eigenvalue weighted by molar-refractivity contribution is 0.0622. The summed E-state index contributed by atoms with van der Waals surface area (Å²) in [6.45, 7) is 6.16. The molecule has 1 aromatic carbocycles. The zero-order valence-corrected chi connectivity index (χ0v) is 12.3. The molecule has 2 aromatic rings. The van der Waals surface area contributed by atoms with Gasteiger partial charge in [-0.3, -0.25) is 0 Å². The van der Waals surface area contributed by atoms with Crippen molar-refractivity contribution in [2.75, 3.05) is 18.5 Å². The number of ether oxygens (including phenoxy) is 1. The Kier molecular flexibility index (Phi) is 3.71. The van der Waals surface area contributed by atoms with Gasteiger partial charge >= 0.3 is 0 Å². The molecule has 1 aromatic heterocycles. The molecular weight excluding hydrogens is 256 g/mol. The summed E-state index contributed by atoms with van der Waals surface area (Å²) in [5.41, 5.74) is 2.37. The zero-order valence-electron chi connectivity index (χ0n) is 11.5. The van der Waals surface area contributed by atoms with Gasteiger partial charge in [0.2, 0.25) is 0 Å². The second-order valence-electron chi connectivity index (χ2n) is 5.37. The fourth-order valence-electron chi connectivity index (χ4n) is 2.63. The molecule has 1 N–H and O–H groups in total. The quantitative estimate of drug-likeness (QED) is 0.925. The van der Waals surface area contributed by atoms with Gasteiger partial charge in [0.15, 0.2) is 5.13 Å². The monoisotopic (exact) mass is 276 g/mol. The van der Waals surface area contributed by atoms with Gasteiger partial charge in [-0.05, 0) is 50.3 Å². The molecule has 1 atom stereocenters. The van der Waals surface area contributed by atoms with E-state index in [1.165, 1.54) is 10.3 Å². The van der Waals surface area contributed by atoms with Gasteiger partial charge in [0.05, 0.1) is 10.2 Å². The number of benzene rings is 1. The van der Waals surface area contributed by atoms with Crippen molar-refractivity contribution in [3.63, 3.8) is 0 Å². The highest BCUT2D eigenvalue weighted by Gasteiger charge is 2.21. The van der Waals surface area contributed by atoms with Crippen LogP contribution in [-0.2, 0) is 4.74 Å². The van der Waals surface area contributed by atoms with Gasteiger partial charge in [0, 0.05) is 19.3 Å². The lowest BCUT2D eigenvalue weighted by atomic mass is 9.93. The van der Waals surface area contributed by atoms with Crippen LogP contribution in [0.3, 0.4) is 0 Å². The molecule has 0 bridgehead atoms. The van der Waals surface area contributed by atoms with Crippen LogP contribution in [0.1, 0.15) is 25.3 Å². The minimum Gasteiger partial charge on any atom is -0.381 e. The van der Waals surface area contributed by atoms with Crippen LogP contribution in [0.25, 0.3) is 10.2 Å². The van der Waals surface area contributed by atoms with Crippen molar-refractivity contribution in [3.05, 3.63) is 23.8 Å². The number of fused-ring (bicyclic) bond motifs is 1. The van der Waals surface area contributed by atoms with Crippen molar-refractivity contribution in [2.24, 2.45) is 5.92 Å². The Morgan fingerprint density at radius 2 is 2.16 bits per heavy atom. The van der Waals surface area contributed by atoms with E-state index in [1.54, 1.807) is 11.3 Å². The van der Waals surface area contributed by atoms with Crippen molar-refractivity contribution in [2.45, 2.75) is 32.7 Å². The predicted molar refractivity (Wildman–Crippen MR) is 81.0 cm³/mol. The van der Waals surface area contributed by atoms with Gasteiger partial charge in [0.1, 0.15) is 0 Å². The molecule has 4 heteroatoms. The molecule has 1 aliphatic rings. The third-order valence-corrected chi connectivity index (χ3v) is 4.83. The number of rotatable bonds is 3. The summed E-state index contributed by atoms with van der Waals surface area (Å²) in [5, 5.41) is 4.61. The highest BCUT2D eigenvalue weighted by molar-refractivity contribution is 7.22. The SMILES string of the molecule is Cc1ccc2sc(NC(C)C3CCOCC3)nc2c1. The Labute approximate surface area is 118 Å². The zero-order chi connectivity index (χ0) is 13.2. The molecule has 3 rings (SSSR count). The largest absolute Gasteiger partial charge is 0.381 e. The maximum Gasteiger partial charge on any atom is 0.184 e. The number of thiazole rings is 1. The van der Waals surface area contributed by atoms with Crippen molar-refractivity contribution >= 4 is 26.7 Å². The second kappa shape index (κ2) is 5.47. The van der Waals surface area contributed by atoms with E-state index in [1.807, 2.05) is 0 Å². The number of aryl methyl sites for hydroxylation is 1. The lowest BCUT2D eigenvalue weighted by Gasteiger charge is -2.28. The van der Waals surface area contributed by atoms with Gasteiger partial charge in [-0.15, -0.1) is 0 Å². The number of hydrogen-bond donors (Lipinski definition) is 1. The maximum atomic E-state index is 5.42.